The van der Waals surface area contributed by atoms with Crippen molar-refractivity contribution in [2.24, 2.45) is 5.73 Å². The molecule has 128 valence electrons. The normalized spacial score (nSPS) is 17.2. The molecule has 1 aliphatic rings. The quantitative estimate of drug-likeness (QED) is 0.852. The number of amides is 1. The molecule has 0 radical (unpaired) electrons. The van der Waals surface area contributed by atoms with E-state index in [4.69, 9.17) is 10.5 Å². The van der Waals surface area contributed by atoms with Crippen LogP contribution in [0.3, 0.4) is 0 Å². The van der Waals surface area contributed by atoms with E-state index in [2.05, 4.69) is 15.9 Å². The first-order valence-corrected chi connectivity index (χ1v) is 8.07. The Morgan fingerprint density at radius 3 is 2.48 bits per heavy atom. The number of hydrogen-bond donors (Lipinski definition) is 1. The maximum absolute atomic E-state index is 13.5. The Balaban J connectivity index is 2.56. The maximum atomic E-state index is 13.5. The third-order valence-corrected chi connectivity index (χ3v) is 4.55. The summed E-state index contributed by atoms with van der Waals surface area (Å²) in [6, 6.07) is 2.71. The molecule has 2 N–H and O–H groups in total. The van der Waals surface area contributed by atoms with Gasteiger partial charge in [-0.2, -0.15) is 13.2 Å². The first-order chi connectivity index (χ1) is 10.8. The number of halogens is 4. The summed E-state index contributed by atoms with van der Waals surface area (Å²) in [5.41, 5.74) is 4.83. The molecule has 1 fully saturated rings. The van der Waals surface area contributed by atoms with Gasteiger partial charge in [0.05, 0.1) is 24.7 Å². The van der Waals surface area contributed by atoms with Gasteiger partial charge in [0.15, 0.2) is 0 Å². The minimum absolute atomic E-state index is 0.0930. The zero-order valence-corrected chi connectivity index (χ0v) is 14.2. The van der Waals surface area contributed by atoms with Crippen molar-refractivity contribution in [1.29, 1.82) is 0 Å². The van der Waals surface area contributed by atoms with Gasteiger partial charge in [-0.25, -0.2) is 0 Å². The number of benzene rings is 1. The van der Waals surface area contributed by atoms with Gasteiger partial charge in [-0.3, -0.25) is 4.79 Å². The van der Waals surface area contributed by atoms with Crippen LogP contribution in [0.4, 0.5) is 18.9 Å². The van der Waals surface area contributed by atoms with Crippen LogP contribution in [-0.4, -0.2) is 32.2 Å². The van der Waals surface area contributed by atoms with E-state index in [0.29, 0.717) is 32.0 Å². The number of nitrogens with two attached hydrogens (primary N) is 1. The maximum Gasteiger partial charge on any atom is 0.416 e. The Morgan fingerprint density at radius 1 is 1.39 bits per heavy atom. The molecule has 0 saturated carbocycles. The molecule has 0 aromatic heterocycles. The first-order valence-electron chi connectivity index (χ1n) is 7.28. The minimum Gasteiger partial charge on any atom is -0.378 e. The fraction of sp³-hybridized carbons (Fsp3) is 0.533. The summed E-state index contributed by atoms with van der Waals surface area (Å²) >= 11 is 3.20. The Labute approximate surface area is 140 Å². The van der Waals surface area contributed by atoms with Crippen molar-refractivity contribution >= 4 is 27.5 Å². The summed E-state index contributed by atoms with van der Waals surface area (Å²) < 4.78 is 46.0. The Hall–Kier alpha value is -1.28. The highest BCUT2D eigenvalue weighted by molar-refractivity contribution is 9.10. The number of nitrogens with zero attached hydrogens (tertiary/aromatic N) is 1. The van der Waals surface area contributed by atoms with E-state index in [1.54, 1.807) is 13.0 Å². The fourth-order valence-electron chi connectivity index (χ4n) is 2.74. The SMILES string of the molecule is CCC(C(N)=O)c1c(Br)cc(N2CCOCC2)cc1C(F)(F)F. The molecule has 1 saturated heterocycles. The highest BCUT2D eigenvalue weighted by Crippen LogP contribution is 2.42. The zero-order valence-electron chi connectivity index (χ0n) is 12.6. The molecule has 23 heavy (non-hydrogen) atoms. The number of primary amides is 1. The fourth-order valence-corrected chi connectivity index (χ4v) is 3.47. The second-order valence-electron chi connectivity index (χ2n) is 5.35. The molecule has 8 heteroatoms. The van der Waals surface area contributed by atoms with E-state index >= 15 is 0 Å². The van der Waals surface area contributed by atoms with E-state index in [0.717, 1.165) is 6.07 Å². The van der Waals surface area contributed by atoms with Gasteiger partial charge in [-0.15, -0.1) is 0 Å². The van der Waals surface area contributed by atoms with Crippen molar-refractivity contribution in [2.75, 3.05) is 31.2 Å². The molecule has 1 aromatic rings. The third kappa shape index (κ3) is 3.98. The summed E-state index contributed by atoms with van der Waals surface area (Å²) in [5, 5.41) is 0. The second kappa shape index (κ2) is 7.09. The Morgan fingerprint density at radius 2 is 2.00 bits per heavy atom. The molecule has 1 unspecified atom stereocenters. The summed E-state index contributed by atoms with van der Waals surface area (Å²) in [7, 11) is 0. The van der Waals surface area contributed by atoms with Gasteiger partial charge in [0.1, 0.15) is 0 Å². The molecule has 4 nitrogen and oxygen atoms in total. The van der Waals surface area contributed by atoms with E-state index in [1.165, 1.54) is 0 Å². The Bertz CT molecular complexity index is 587. The zero-order chi connectivity index (χ0) is 17.2. The van der Waals surface area contributed by atoms with Crippen LogP contribution in [-0.2, 0) is 15.7 Å². The van der Waals surface area contributed by atoms with Crippen LogP contribution < -0.4 is 10.6 Å². The number of hydrogen-bond acceptors (Lipinski definition) is 3. The van der Waals surface area contributed by atoms with Gasteiger partial charge in [0, 0.05) is 23.2 Å². The molecule has 0 aliphatic carbocycles. The van der Waals surface area contributed by atoms with Gasteiger partial charge in [0.25, 0.3) is 0 Å². The van der Waals surface area contributed by atoms with E-state index < -0.39 is 23.6 Å². The second-order valence-corrected chi connectivity index (χ2v) is 6.20. The molecular formula is C15H18BrF3N2O2. The lowest BCUT2D eigenvalue weighted by molar-refractivity contribution is -0.138. The van der Waals surface area contributed by atoms with Gasteiger partial charge >= 0.3 is 6.18 Å². The standard InChI is InChI=1S/C15H18BrF3N2O2/c1-2-10(14(20)22)13-11(15(17,18)19)7-9(8-12(13)16)21-3-5-23-6-4-21/h7-8,10H,2-6H2,1H3,(H2,20,22). The number of rotatable bonds is 4. The van der Waals surface area contributed by atoms with Crippen LogP contribution >= 0.6 is 15.9 Å². The smallest absolute Gasteiger partial charge is 0.378 e. The predicted molar refractivity (Wildman–Crippen MR) is 84.4 cm³/mol. The van der Waals surface area contributed by atoms with Crippen molar-refractivity contribution in [1.82, 2.24) is 0 Å². The van der Waals surface area contributed by atoms with Crippen molar-refractivity contribution in [2.45, 2.75) is 25.4 Å². The number of carbonyl (C=O) groups is 1. The summed E-state index contributed by atoms with van der Waals surface area (Å²) in [5.74, 6) is -1.75. The minimum atomic E-state index is -4.57. The van der Waals surface area contributed by atoms with Crippen LogP contribution in [0.5, 0.6) is 0 Å². The van der Waals surface area contributed by atoms with Crippen LogP contribution in [0.25, 0.3) is 0 Å². The van der Waals surface area contributed by atoms with Crippen molar-refractivity contribution < 1.29 is 22.7 Å². The molecule has 1 aromatic carbocycles. The van der Waals surface area contributed by atoms with Crippen molar-refractivity contribution in [3.8, 4) is 0 Å². The lowest BCUT2D eigenvalue weighted by Crippen LogP contribution is -2.36. The lowest BCUT2D eigenvalue weighted by Gasteiger charge is -2.31. The highest BCUT2D eigenvalue weighted by Gasteiger charge is 2.38. The van der Waals surface area contributed by atoms with E-state index in [9.17, 15) is 18.0 Å². The molecule has 1 atom stereocenters. The average molecular weight is 395 g/mol. The monoisotopic (exact) mass is 394 g/mol. The average Bonchev–Trinajstić information content (AvgIpc) is 2.48. The van der Waals surface area contributed by atoms with Gasteiger partial charge < -0.3 is 15.4 Å². The lowest BCUT2D eigenvalue weighted by atomic mass is 9.90. The van der Waals surface area contributed by atoms with Crippen LogP contribution in [0.15, 0.2) is 16.6 Å². The predicted octanol–water partition coefficient (Wildman–Crippen LogP) is 3.28. The van der Waals surface area contributed by atoms with Crippen molar-refractivity contribution in [3.05, 3.63) is 27.7 Å². The molecule has 1 heterocycles. The van der Waals surface area contributed by atoms with Gasteiger partial charge in [-0.05, 0) is 24.1 Å². The van der Waals surface area contributed by atoms with Gasteiger partial charge in [-0.1, -0.05) is 22.9 Å². The van der Waals surface area contributed by atoms with Crippen LogP contribution in [0.2, 0.25) is 0 Å². The number of anilines is 1. The van der Waals surface area contributed by atoms with E-state index in [1.807, 2.05) is 4.90 Å². The van der Waals surface area contributed by atoms with Crippen LogP contribution in [0.1, 0.15) is 30.4 Å². The number of carbonyl (C=O) groups excluding carboxylic acids is 1. The molecule has 0 bridgehead atoms. The van der Waals surface area contributed by atoms with E-state index in [-0.39, 0.29) is 16.5 Å². The third-order valence-electron chi connectivity index (χ3n) is 3.90. The number of ether oxygens (including phenoxy) is 1. The molecule has 1 aliphatic heterocycles. The Kier molecular flexibility index (Phi) is 5.57. The summed E-state index contributed by atoms with van der Waals surface area (Å²) in [4.78, 5) is 13.4. The summed E-state index contributed by atoms with van der Waals surface area (Å²) in [6.07, 6.45) is -4.36. The number of morpholine rings is 1. The number of alkyl halides is 3. The van der Waals surface area contributed by atoms with Gasteiger partial charge in [0.2, 0.25) is 5.91 Å². The largest absolute Gasteiger partial charge is 0.416 e. The molecule has 1 amide bonds. The molecule has 2 rings (SSSR count). The van der Waals surface area contributed by atoms with Crippen molar-refractivity contribution in [3.63, 3.8) is 0 Å². The summed E-state index contributed by atoms with van der Waals surface area (Å²) in [6.45, 7) is 3.63. The highest BCUT2D eigenvalue weighted by atomic mass is 79.9. The first kappa shape index (κ1) is 18.1. The molecule has 0 spiro atoms. The topological polar surface area (TPSA) is 55.6 Å². The van der Waals surface area contributed by atoms with Crippen LogP contribution in [0, 0.1) is 0 Å². The molecular weight excluding hydrogens is 377 g/mol.